The molecule has 9 heteroatoms. The zero-order valence-electron chi connectivity index (χ0n) is 12.9. The summed E-state index contributed by atoms with van der Waals surface area (Å²) < 4.78 is 9.66. The minimum atomic E-state index is -0.973. The molecule has 0 bridgehead atoms. The molecule has 1 aromatic heterocycles. The van der Waals surface area contributed by atoms with Crippen LogP contribution in [0.1, 0.15) is 34.7 Å². The number of aromatic hydroxyl groups is 1. The molecule has 2 rings (SSSR count). The quantitative estimate of drug-likeness (QED) is 0.500. The summed E-state index contributed by atoms with van der Waals surface area (Å²) in [5, 5.41) is 21.2. The summed E-state index contributed by atoms with van der Waals surface area (Å²) in [5.74, 6) is -2.50. The van der Waals surface area contributed by atoms with Gasteiger partial charge in [-0.3, -0.25) is 10.1 Å². The van der Waals surface area contributed by atoms with Gasteiger partial charge in [-0.1, -0.05) is 0 Å². The number of hydrogen-bond donors (Lipinski definition) is 1. The van der Waals surface area contributed by atoms with E-state index in [1.165, 1.54) is 12.1 Å². The first-order valence-corrected chi connectivity index (χ1v) is 7.06. The highest BCUT2D eigenvalue weighted by molar-refractivity contribution is 6.08. The molecule has 0 unspecified atom stereocenters. The molecule has 0 amide bonds. The van der Waals surface area contributed by atoms with Crippen LogP contribution in [0, 0.1) is 10.1 Å². The molecule has 0 fully saturated rings. The maximum Gasteiger partial charge on any atom is 0.357 e. The smallest absolute Gasteiger partial charge is 0.357 e. The summed E-state index contributed by atoms with van der Waals surface area (Å²) in [4.78, 5) is 38.4. The molecule has 0 saturated heterocycles. The number of fused-ring (bicyclic) bond motifs is 1. The van der Waals surface area contributed by atoms with Crippen LogP contribution in [0.25, 0.3) is 10.9 Å². The Hall–Kier alpha value is -3.23. The molecule has 1 aromatic carbocycles. The summed E-state index contributed by atoms with van der Waals surface area (Å²) in [5.41, 5.74) is -1.08. The van der Waals surface area contributed by atoms with Crippen molar-refractivity contribution in [3.05, 3.63) is 39.6 Å². The minimum Gasteiger partial charge on any atom is -0.506 e. The molecule has 0 aliphatic rings. The van der Waals surface area contributed by atoms with E-state index in [0.29, 0.717) is 0 Å². The number of carbonyl (C=O) groups excluding carboxylic acids is 2. The minimum absolute atomic E-state index is 0.00745. The Kier molecular flexibility index (Phi) is 4.93. The summed E-state index contributed by atoms with van der Waals surface area (Å²) in [6.45, 7) is 3.18. The third-order valence-electron chi connectivity index (χ3n) is 3.10. The monoisotopic (exact) mass is 334 g/mol. The number of rotatable bonds is 5. The Morgan fingerprint density at radius 2 is 1.83 bits per heavy atom. The Balaban J connectivity index is 2.77. The molecule has 0 saturated carbocycles. The summed E-state index contributed by atoms with van der Waals surface area (Å²) in [6.07, 6.45) is 0. The Morgan fingerprint density at radius 1 is 1.21 bits per heavy atom. The fourth-order valence-corrected chi connectivity index (χ4v) is 2.09. The number of pyridine rings is 1. The molecule has 0 radical (unpaired) electrons. The zero-order chi connectivity index (χ0) is 17.9. The van der Waals surface area contributed by atoms with E-state index < -0.39 is 33.9 Å². The molecular weight excluding hydrogens is 320 g/mol. The van der Waals surface area contributed by atoms with Crippen molar-refractivity contribution in [1.29, 1.82) is 0 Å². The second-order valence-corrected chi connectivity index (χ2v) is 4.58. The van der Waals surface area contributed by atoms with Crippen molar-refractivity contribution in [3.8, 4) is 5.75 Å². The zero-order valence-corrected chi connectivity index (χ0v) is 12.9. The fourth-order valence-electron chi connectivity index (χ4n) is 2.09. The van der Waals surface area contributed by atoms with E-state index in [9.17, 15) is 24.8 Å². The van der Waals surface area contributed by atoms with Crippen molar-refractivity contribution in [2.45, 2.75) is 13.8 Å². The van der Waals surface area contributed by atoms with E-state index in [1.54, 1.807) is 13.8 Å². The first kappa shape index (κ1) is 17.1. The molecule has 24 heavy (non-hydrogen) atoms. The number of aromatic nitrogens is 1. The van der Waals surface area contributed by atoms with Gasteiger partial charge in [-0.05, 0) is 19.9 Å². The van der Waals surface area contributed by atoms with Crippen molar-refractivity contribution in [2.24, 2.45) is 0 Å². The van der Waals surface area contributed by atoms with Gasteiger partial charge in [0, 0.05) is 17.5 Å². The van der Waals surface area contributed by atoms with E-state index in [-0.39, 0.29) is 29.8 Å². The molecule has 126 valence electrons. The van der Waals surface area contributed by atoms with Gasteiger partial charge in [0.05, 0.1) is 23.7 Å². The topological polar surface area (TPSA) is 129 Å². The van der Waals surface area contributed by atoms with Gasteiger partial charge < -0.3 is 14.6 Å². The van der Waals surface area contributed by atoms with Gasteiger partial charge in [0.15, 0.2) is 5.69 Å². The van der Waals surface area contributed by atoms with Crippen molar-refractivity contribution >= 4 is 28.5 Å². The first-order chi connectivity index (χ1) is 11.4. The average molecular weight is 334 g/mol. The molecule has 0 spiro atoms. The lowest BCUT2D eigenvalue weighted by Crippen LogP contribution is -2.16. The summed E-state index contributed by atoms with van der Waals surface area (Å²) in [7, 11) is 0. The SMILES string of the molecule is CCOC(=O)c1nc2ccc([N+](=O)[O-])cc2c(O)c1C(=O)OCC. The van der Waals surface area contributed by atoms with E-state index in [0.717, 1.165) is 6.07 Å². The van der Waals surface area contributed by atoms with Crippen molar-refractivity contribution in [2.75, 3.05) is 13.2 Å². The van der Waals surface area contributed by atoms with Gasteiger partial charge in [-0.2, -0.15) is 0 Å². The van der Waals surface area contributed by atoms with E-state index >= 15 is 0 Å². The predicted molar refractivity (Wildman–Crippen MR) is 82.0 cm³/mol. The largest absolute Gasteiger partial charge is 0.506 e. The Labute approximate surface area is 136 Å². The molecule has 0 atom stereocenters. The number of ether oxygens (including phenoxy) is 2. The number of nitro groups is 1. The highest BCUT2D eigenvalue weighted by Gasteiger charge is 2.28. The predicted octanol–water partition coefficient (Wildman–Crippen LogP) is 2.20. The van der Waals surface area contributed by atoms with Crippen molar-refractivity contribution in [3.63, 3.8) is 0 Å². The molecule has 0 aliphatic carbocycles. The van der Waals surface area contributed by atoms with Crippen LogP contribution >= 0.6 is 0 Å². The van der Waals surface area contributed by atoms with Gasteiger partial charge in [0.2, 0.25) is 0 Å². The van der Waals surface area contributed by atoms with Crippen LogP contribution in [0.3, 0.4) is 0 Å². The summed E-state index contributed by atoms with van der Waals surface area (Å²) in [6, 6.07) is 3.51. The second kappa shape index (κ2) is 6.90. The molecule has 1 heterocycles. The molecular formula is C15H14N2O7. The van der Waals surface area contributed by atoms with Crippen LogP contribution in [0.4, 0.5) is 5.69 Å². The molecule has 1 N–H and O–H groups in total. The Bertz CT molecular complexity index is 832. The van der Waals surface area contributed by atoms with Crippen LogP contribution < -0.4 is 0 Å². The second-order valence-electron chi connectivity index (χ2n) is 4.58. The van der Waals surface area contributed by atoms with Crippen LogP contribution in [-0.4, -0.2) is 40.2 Å². The molecule has 2 aromatic rings. The number of nitro benzene ring substituents is 1. The van der Waals surface area contributed by atoms with Crippen LogP contribution in [0.15, 0.2) is 18.2 Å². The van der Waals surface area contributed by atoms with Crippen LogP contribution in [0.2, 0.25) is 0 Å². The number of non-ortho nitro benzene ring substituents is 1. The van der Waals surface area contributed by atoms with Gasteiger partial charge in [-0.15, -0.1) is 0 Å². The number of esters is 2. The van der Waals surface area contributed by atoms with Crippen LogP contribution in [0.5, 0.6) is 5.75 Å². The summed E-state index contributed by atoms with van der Waals surface area (Å²) >= 11 is 0. The molecule has 0 aliphatic heterocycles. The average Bonchev–Trinajstić information content (AvgIpc) is 2.54. The number of benzene rings is 1. The lowest BCUT2D eigenvalue weighted by atomic mass is 10.1. The van der Waals surface area contributed by atoms with Crippen molar-refractivity contribution in [1.82, 2.24) is 4.98 Å². The Morgan fingerprint density at radius 3 is 2.42 bits per heavy atom. The first-order valence-electron chi connectivity index (χ1n) is 7.06. The highest BCUT2D eigenvalue weighted by Crippen LogP contribution is 2.33. The van der Waals surface area contributed by atoms with Gasteiger partial charge in [-0.25, -0.2) is 14.6 Å². The number of hydrogen-bond acceptors (Lipinski definition) is 8. The van der Waals surface area contributed by atoms with Gasteiger partial charge in [0.1, 0.15) is 11.3 Å². The third-order valence-corrected chi connectivity index (χ3v) is 3.10. The maximum atomic E-state index is 12.1. The van der Waals surface area contributed by atoms with Crippen molar-refractivity contribution < 1.29 is 29.1 Å². The van der Waals surface area contributed by atoms with Crippen LogP contribution in [-0.2, 0) is 9.47 Å². The molecule has 9 nitrogen and oxygen atoms in total. The number of carbonyl (C=O) groups is 2. The van der Waals surface area contributed by atoms with E-state index in [4.69, 9.17) is 9.47 Å². The highest BCUT2D eigenvalue weighted by atomic mass is 16.6. The number of nitrogens with zero attached hydrogens (tertiary/aromatic N) is 2. The normalized spacial score (nSPS) is 10.4. The third kappa shape index (κ3) is 3.09. The lowest BCUT2D eigenvalue weighted by Gasteiger charge is -2.11. The fraction of sp³-hybridized carbons (Fsp3) is 0.267. The maximum absolute atomic E-state index is 12.1. The van der Waals surface area contributed by atoms with Gasteiger partial charge in [0.25, 0.3) is 5.69 Å². The standard InChI is InChI=1S/C15H14N2O7/c1-3-23-14(19)11-12(15(20)24-4-2)16-10-6-5-8(17(21)22)7-9(10)13(11)18/h5-7H,3-4H2,1-2H3,(H,16,18). The van der Waals surface area contributed by atoms with E-state index in [1.807, 2.05) is 0 Å². The van der Waals surface area contributed by atoms with Gasteiger partial charge >= 0.3 is 11.9 Å². The van der Waals surface area contributed by atoms with E-state index in [2.05, 4.69) is 4.98 Å². The lowest BCUT2D eigenvalue weighted by molar-refractivity contribution is -0.384.